The molecule has 2 aliphatic rings. The molecule has 0 aromatic rings. The first kappa shape index (κ1) is 16.2. The molecule has 20 heavy (non-hydrogen) atoms. The molecule has 1 heterocycles. The van der Waals surface area contributed by atoms with Crippen molar-refractivity contribution in [3.8, 4) is 0 Å². The van der Waals surface area contributed by atoms with Crippen LogP contribution in [-0.4, -0.2) is 32.8 Å². The van der Waals surface area contributed by atoms with Gasteiger partial charge in [0, 0.05) is 12.1 Å². The van der Waals surface area contributed by atoms with E-state index in [2.05, 4.69) is 37.7 Å². The Morgan fingerprint density at radius 3 is 2.25 bits per heavy atom. The molecule has 0 radical (unpaired) electrons. The lowest BCUT2D eigenvalue weighted by atomic mass is 9.64. The Morgan fingerprint density at radius 1 is 1.15 bits per heavy atom. The Labute approximate surface area is 124 Å². The molecule has 0 aromatic heterocycles. The van der Waals surface area contributed by atoms with Gasteiger partial charge in [-0.2, -0.15) is 0 Å². The molecule has 1 aliphatic carbocycles. The second kappa shape index (κ2) is 5.58. The van der Waals surface area contributed by atoms with Crippen LogP contribution in [0.4, 0.5) is 0 Å². The van der Waals surface area contributed by atoms with Gasteiger partial charge >= 0.3 is 0 Å². The van der Waals surface area contributed by atoms with Gasteiger partial charge in [-0.1, -0.05) is 27.7 Å². The van der Waals surface area contributed by atoms with E-state index in [1.165, 1.54) is 0 Å². The van der Waals surface area contributed by atoms with Gasteiger partial charge in [0.2, 0.25) is 10.0 Å². The van der Waals surface area contributed by atoms with Crippen molar-refractivity contribution in [3.63, 3.8) is 0 Å². The van der Waals surface area contributed by atoms with E-state index in [-0.39, 0.29) is 28.7 Å². The zero-order chi connectivity index (χ0) is 15.0. The monoisotopic (exact) mass is 302 g/mol. The molecule has 5 heteroatoms. The Bertz CT molecular complexity index is 421. The van der Waals surface area contributed by atoms with Crippen molar-refractivity contribution in [1.29, 1.82) is 0 Å². The molecule has 1 saturated carbocycles. The number of sulfonamides is 1. The average Bonchev–Trinajstić information content (AvgIpc) is 2.62. The van der Waals surface area contributed by atoms with Crippen LogP contribution in [0.2, 0.25) is 0 Å². The summed E-state index contributed by atoms with van der Waals surface area (Å²) in [4.78, 5) is 0. The Morgan fingerprint density at radius 2 is 1.75 bits per heavy atom. The van der Waals surface area contributed by atoms with E-state index in [9.17, 15) is 8.42 Å². The summed E-state index contributed by atoms with van der Waals surface area (Å²) in [6.07, 6.45) is 5.09. The van der Waals surface area contributed by atoms with Crippen LogP contribution in [0, 0.1) is 10.8 Å². The molecule has 1 unspecified atom stereocenters. The number of rotatable bonds is 4. The van der Waals surface area contributed by atoms with Crippen LogP contribution in [0.1, 0.15) is 59.8 Å². The van der Waals surface area contributed by atoms with Crippen molar-refractivity contribution in [2.24, 2.45) is 10.8 Å². The third-order valence-electron chi connectivity index (χ3n) is 4.48. The van der Waals surface area contributed by atoms with E-state index in [1.807, 2.05) is 0 Å². The fraction of sp³-hybridized carbons (Fsp3) is 1.00. The molecule has 4 nitrogen and oxygen atoms in total. The summed E-state index contributed by atoms with van der Waals surface area (Å²) in [5, 5.41) is 3.26. The van der Waals surface area contributed by atoms with E-state index in [0.29, 0.717) is 0 Å². The smallest absolute Gasteiger partial charge is 0.213 e. The number of hydrogen-bond donors (Lipinski definition) is 2. The second-order valence-corrected chi connectivity index (χ2v) is 10.1. The average molecular weight is 302 g/mol. The molecule has 2 N–H and O–H groups in total. The minimum atomic E-state index is -3.18. The number of nitrogens with one attached hydrogen (secondary N) is 2. The van der Waals surface area contributed by atoms with Crippen molar-refractivity contribution in [3.05, 3.63) is 0 Å². The largest absolute Gasteiger partial charge is 0.313 e. The summed E-state index contributed by atoms with van der Waals surface area (Å²) in [6, 6.07) is 0.220. The molecule has 1 aliphatic heterocycles. The van der Waals surface area contributed by atoms with Crippen LogP contribution in [-0.2, 0) is 10.0 Å². The third kappa shape index (κ3) is 4.71. The molecule has 0 aromatic carbocycles. The van der Waals surface area contributed by atoms with Crippen molar-refractivity contribution in [1.82, 2.24) is 10.0 Å². The van der Waals surface area contributed by atoms with Crippen molar-refractivity contribution in [2.45, 2.75) is 71.9 Å². The van der Waals surface area contributed by atoms with Crippen molar-refractivity contribution < 1.29 is 8.42 Å². The quantitative estimate of drug-likeness (QED) is 0.837. The van der Waals surface area contributed by atoms with Gasteiger partial charge < -0.3 is 5.32 Å². The predicted octanol–water partition coefficient (Wildman–Crippen LogP) is 2.26. The summed E-state index contributed by atoms with van der Waals surface area (Å²) in [7, 11) is -3.18. The highest BCUT2D eigenvalue weighted by Gasteiger charge is 2.39. The minimum Gasteiger partial charge on any atom is -0.313 e. The normalized spacial score (nSPS) is 30.5. The van der Waals surface area contributed by atoms with Gasteiger partial charge in [-0.05, 0) is 49.5 Å². The molecule has 2 rings (SSSR count). The van der Waals surface area contributed by atoms with E-state index in [0.717, 1.165) is 38.6 Å². The van der Waals surface area contributed by atoms with Crippen LogP contribution in [0.3, 0.4) is 0 Å². The van der Waals surface area contributed by atoms with Crippen molar-refractivity contribution >= 4 is 10.0 Å². The first-order valence-electron chi connectivity index (χ1n) is 7.80. The van der Waals surface area contributed by atoms with E-state index in [1.54, 1.807) is 0 Å². The van der Waals surface area contributed by atoms with Gasteiger partial charge in [-0.3, -0.25) is 0 Å². The van der Waals surface area contributed by atoms with E-state index >= 15 is 0 Å². The van der Waals surface area contributed by atoms with E-state index in [4.69, 9.17) is 0 Å². The van der Waals surface area contributed by atoms with Crippen LogP contribution >= 0.6 is 0 Å². The molecular formula is C15H30N2O2S. The highest BCUT2D eigenvalue weighted by atomic mass is 32.2. The van der Waals surface area contributed by atoms with Gasteiger partial charge in [0.1, 0.15) is 0 Å². The highest BCUT2D eigenvalue weighted by Crippen LogP contribution is 2.45. The van der Waals surface area contributed by atoms with Crippen LogP contribution in [0.25, 0.3) is 0 Å². The fourth-order valence-corrected chi connectivity index (χ4v) is 5.98. The predicted molar refractivity (Wildman–Crippen MR) is 83.1 cm³/mol. The van der Waals surface area contributed by atoms with Gasteiger partial charge in [0.05, 0.1) is 5.75 Å². The van der Waals surface area contributed by atoms with Crippen LogP contribution in [0.5, 0.6) is 0 Å². The zero-order valence-electron chi connectivity index (χ0n) is 13.3. The maximum absolute atomic E-state index is 12.3. The van der Waals surface area contributed by atoms with Gasteiger partial charge in [0.15, 0.2) is 0 Å². The van der Waals surface area contributed by atoms with Gasteiger partial charge in [-0.25, -0.2) is 13.1 Å². The third-order valence-corrected chi connectivity index (χ3v) is 6.02. The van der Waals surface area contributed by atoms with Gasteiger partial charge in [-0.15, -0.1) is 0 Å². The van der Waals surface area contributed by atoms with Crippen LogP contribution < -0.4 is 10.0 Å². The van der Waals surface area contributed by atoms with Crippen LogP contribution in [0.15, 0.2) is 0 Å². The Hall–Kier alpha value is -0.130. The molecule has 0 spiro atoms. The van der Waals surface area contributed by atoms with Crippen molar-refractivity contribution in [2.75, 3.05) is 12.3 Å². The molecule has 1 atom stereocenters. The molecule has 0 amide bonds. The molecule has 0 bridgehead atoms. The number of hydrogen-bond acceptors (Lipinski definition) is 3. The maximum Gasteiger partial charge on any atom is 0.213 e. The highest BCUT2D eigenvalue weighted by molar-refractivity contribution is 7.89. The lowest BCUT2D eigenvalue weighted by molar-refractivity contribution is 0.0934. The lowest BCUT2D eigenvalue weighted by Gasteiger charge is -2.45. The standard InChI is InChI=1S/C15H30N2O2S/c1-14(2)8-13(9-15(3,4)11-14)17-20(18,19)10-12-6-5-7-16-12/h12-13,16-17H,5-11H2,1-4H3. The Kier molecular flexibility index (Phi) is 4.53. The first-order valence-corrected chi connectivity index (χ1v) is 9.46. The Balaban J connectivity index is 1.97. The summed E-state index contributed by atoms with van der Waals surface area (Å²) in [5.74, 6) is 0.227. The maximum atomic E-state index is 12.3. The first-order chi connectivity index (χ1) is 9.07. The summed E-state index contributed by atoms with van der Waals surface area (Å²) in [5.41, 5.74) is 0.418. The fourth-order valence-electron chi connectivity index (χ4n) is 4.40. The summed E-state index contributed by atoms with van der Waals surface area (Å²) >= 11 is 0. The summed E-state index contributed by atoms with van der Waals surface area (Å²) in [6.45, 7) is 9.92. The molecular weight excluding hydrogens is 272 g/mol. The van der Waals surface area contributed by atoms with Gasteiger partial charge in [0.25, 0.3) is 0 Å². The molecule has 1 saturated heterocycles. The molecule has 118 valence electrons. The topological polar surface area (TPSA) is 58.2 Å². The van der Waals surface area contributed by atoms with E-state index < -0.39 is 10.0 Å². The molecule has 2 fully saturated rings. The minimum absolute atomic E-state index is 0.0835. The second-order valence-electron chi connectivity index (χ2n) is 8.30. The zero-order valence-corrected chi connectivity index (χ0v) is 14.1. The SMILES string of the molecule is CC1(C)CC(NS(=O)(=O)CC2CCCN2)CC(C)(C)C1. The summed E-state index contributed by atoms with van der Waals surface area (Å²) < 4.78 is 27.6. The lowest BCUT2D eigenvalue weighted by Crippen LogP contribution is -2.48.